The van der Waals surface area contributed by atoms with Gasteiger partial charge in [-0.05, 0) is 6.42 Å². The molecule has 0 unspecified atom stereocenters. The van der Waals surface area contributed by atoms with Crippen molar-refractivity contribution < 1.29 is 9.30 Å². The van der Waals surface area contributed by atoms with Gasteiger partial charge in [0.25, 0.3) is 0 Å². The summed E-state index contributed by atoms with van der Waals surface area (Å²) in [6.07, 6.45) is 26.9. The molecular formula is C25H46NO+. The lowest BCUT2D eigenvalue weighted by Crippen LogP contribution is -2.34. The highest BCUT2D eigenvalue weighted by molar-refractivity contribution is 4.83. The minimum absolute atomic E-state index is 0.827. The molecule has 1 aromatic heterocycles. The highest BCUT2D eigenvalue weighted by Crippen LogP contribution is 2.13. The molecule has 0 bridgehead atoms. The summed E-state index contributed by atoms with van der Waals surface area (Å²) < 4.78 is 7.91. The fourth-order valence-electron chi connectivity index (χ4n) is 3.61. The highest BCUT2D eigenvalue weighted by atomic mass is 16.5. The second kappa shape index (κ2) is 19.9. The van der Waals surface area contributed by atoms with E-state index in [2.05, 4.69) is 36.0 Å². The SMILES string of the molecule is CCCCCCCCCCCCCCCCCCOCC[n+]1ccccc1. The molecule has 0 aliphatic heterocycles. The predicted molar refractivity (Wildman–Crippen MR) is 117 cm³/mol. The van der Waals surface area contributed by atoms with E-state index in [0.29, 0.717) is 0 Å². The Balaban J connectivity index is 1.67. The van der Waals surface area contributed by atoms with E-state index in [1.807, 2.05) is 6.07 Å². The van der Waals surface area contributed by atoms with Crippen LogP contribution in [-0.2, 0) is 11.3 Å². The topological polar surface area (TPSA) is 13.1 Å². The van der Waals surface area contributed by atoms with Gasteiger partial charge in [0, 0.05) is 18.7 Å². The summed E-state index contributed by atoms with van der Waals surface area (Å²) >= 11 is 0. The fraction of sp³-hybridized carbons (Fsp3) is 0.800. The van der Waals surface area contributed by atoms with Crippen molar-refractivity contribution in [3.63, 3.8) is 0 Å². The maximum Gasteiger partial charge on any atom is 0.171 e. The third-order valence-corrected chi connectivity index (χ3v) is 5.41. The molecule has 0 N–H and O–H groups in total. The minimum atomic E-state index is 0.827. The molecule has 1 heterocycles. The van der Waals surface area contributed by atoms with Crippen LogP contribution in [0.1, 0.15) is 110 Å². The van der Waals surface area contributed by atoms with Crippen LogP contribution in [0.5, 0.6) is 0 Å². The fourth-order valence-corrected chi connectivity index (χ4v) is 3.61. The molecule has 0 saturated carbocycles. The van der Waals surface area contributed by atoms with Crippen LogP contribution >= 0.6 is 0 Å². The first-order valence-electron chi connectivity index (χ1n) is 12.0. The third kappa shape index (κ3) is 17.0. The van der Waals surface area contributed by atoms with Crippen molar-refractivity contribution in [2.24, 2.45) is 0 Å². The number of hydrogen-bond donors (Lipinski definition) is 0. The molecule has 156 valence electrons. The summed E-state index contributed by atoms with van der Waals surface area (Å²) in [5.41, 5.74) is 0. The maximum atomic E-state index is 5.74. The molecule has 0 fully saturated rings. The van der Waals surface area contributed by atoms with E-state index in [4.69, 9.17) is 4.74 Å². The Hall–Kier alpha value is -0.890. The van der Waals surface area contributed by atoms with Crippen molar-refractivity contribution in [1.82, 2.24) is 0 Å². The number of nitrogens with zero attached hydrogens (tertiary/aromatic N) is 1. The summed E-state index contributed by atoms with van der Waals surface area (Å²) in [5, 5.41) is 0. The average Bonchev–Trinajstić information content (AvgIpc) is 2.70. The van der Waals surface area contributed by atoms with Gasteiger partial charge in [-0.15, -0.1) is 0 Å². The van der Waals surface area contributed by atoms with E-state index in [0.717, 1.165) is 19.8 Å². The molecule has 0 spiro atoms. The van der Waals surface area contributed by atoms with E-state index < -0.39 is 0 Å². The Labute approximate surface area is 169 Å². The second-order valence-electron chi connectivity index (χ2n) is 8.03. The zero-order valence-electron chi connectivity index (χ0n) is 18.2. The van der Waals surface area contributed by atoms with Crippen LogP contribution in [0.4, 0.5) is 0 Å². The van der Waals surface area contributed by atoms with Gasteiger partial charge in [0.2, 0.25) is 0 Å². The average molecular weight is 377 g/mol. The van der Waals surface area contributed by atoms with Crippen molar-refractivity contribution in [1.29, 1.82) is 0 Å². The molecule has 0 radical (unpaired) electrons. The summed E-state index contributed by atoms with van der Waals surface area (Å²) in [6, 6.07) is 6.18. The van der Waals surface area contributed by atoms with Gasteiger partial charge >= 0.3 is 0 Å². The predicted octanol–water partition coefficient (Wildman–Crippen LogP) is 7.25. The molecule has 27 heavy (non-hydrogen) atoms. The molecule has 0 aromatic carbocycles. The molecule has 0 atom stereocenters. The number of ether oxygens (including phenoxy) is 1. The highest BCUT2D eigenvalue weighted by Gasteiger charge is 1.98. The number of aromatic nitrogens is 1. The van der Waals surface area contributed by atoms with Gasteiger partial charge in [-0.2, -0.15) is 0 Å². The van der Waals surface area contributed by atoms with Crippen LogP contribution in [0, 0.1) is 0 Å². The zero-order valence-corrected chi connectivity index (χ0v) is 18.2. The van der Waals surface area contributed by atoms with Crippen molar-refractivity contribution in [3.05, 3.63) is 30.6 Å². The second-order valence-corrected chi connectivity index (χ2v) is 8.03. The number of pyridine rings is 1. The molecule has 0 aliphatic carbocycles. The maximum absolute atomic E-state index is 5.74. The van der Waals surface area contributed by atoms with Crippen LogP contribution in [0.25, 0.3) is 0 Å². The van der Waals surface area contributed by atoms with Gasteiger partial charge in [-0.3, -0.25) is 0 Å². The van der Waals surface area contributed by atoms with Gasteiger partial charge in [0.1, 0.15) is 6.61 Å². The van der Waals surface area contributed by atoms with Crippen LogP contribution in [0.15, 0.2) is 30.6 Å². The Kier molecular flexibility index (Phi) is 17.8. The molecular weight excluding hydrogens is 330 g/mol. The van der Waals surface area contributed by atoms with E-state index >= 15 is 0 Å². The number of hydrogen-bond acceptors (Lipinski definition) is 1. The largest absolute Gasteiger partial charge is 0.375 e. The van der Waals surface area contributed by atoms with Gasteiger partial charge in [-0.1, -0.05) is 109 Å². The molecule has 0 aliphatic rings. The van der Waals surface area contributed by atoms with Crippen LogP contribution < -0.4 is 4.57 Å². The minimum Gasteiger partial charge on any atom is -0.375 e. The lowest BCUT2D eigenvalue weighted by molar-refractivity contribution is -0.698. The van der Waals surface area contributed by atoms with Crippen LogP contribution in [0.3, 0.4) is 0 Å². The van der Waals surface area contributed by atoms with Crippen molar-refractivity contribution in [2.45, 2.75) is 116 Å². The summed E-state index contributed by atoms with van der Waals surface area (Å²) in [4.78, 5) is 0. The van der Waals surface area contributed by atoms with Gasteiger partial charge in [-0.25, -0.2) is 4.57 Å². The quantitative estimate of drug-likeness (QED) is 0.172. The first kappa shape index (κ1) is 24.1. The van der Waals surface area contributed by atoms with E-state index in [1.54, 1.807) is 0 Å². The molecule has 0 saturated heterocycles. The van der Waals surface area contributed by atoms with Crippen LogP contribution in [-0.4, -0.2) is 13.2 Å². The van der Waals surface area contributed by atoms with Gasteiger partial charge < -0.3 is 4.74 Å². The van der Waals surface area contributed by atoms with Crippen molar-refractivity contribution >= 4 is 0 Å². The molecule has 2 nitrogen and oxygen atoms in total. The molecule has 0 amide bonds. The summed E-state index contributed by atoms with van der Waals surface area (Å²) in [5.74, 6) is 0. The van der Waals surface area contributed by atoms with Crippen molar-refractivity contribution in [3.8, 4) is 0 Å². The lowest BCUT2D eigenvalue weighted by Gasteiger charge is -2.04. The van der Waals surface area contributed by atoms with Crippen LogP contribution in [0.2, 0.25) is 0 Å². The molecule has 1 rings (SSSR count). The normalized spacial score (nSPS) is 11.1. The Bertz CT molecular complexity index is 393. The first-order chi connectivity index (χ1) is 13.4. The van der Waals surface area contributed by atoms with E-state index in [1.165, 1.54) is 103 Å². The number of rotatable bonds is 20. The van der Waals surface area contributed by atoms with Gasteiger partial charge in [0.15, 0.2) is 18.9 Å². The van der Waals surface area contributed by atoms with Crippen molar-refractivity contribution in [2.75, 3.05) is 13.2 Å². The zero-order chi connectivity index (χ0) is 19.3. The third-order valence-electron chi connectivity index (χ3n) is 5.41. The Morgan fingerprint density at radius 2 is 0.963 bits per heavy atom. The molecule has 2 heteroatoms. The summed E-state index contributed by atoms with van der Waals surface area (Å²) in [7, 11) is 0. The monoisotopic (exact) mass is 376 g/mol. The van der Waals surface area contributed by atoms with Gasteiger partial charge in [0.05, 0.1) is 0 Å². The number of unbranched alkanes of at least 4 members (excludes halogenated alkanes) is 15. The summed E-state index contributed by atoms with van der Waals surface area (Å²) in [6.45, 7) is 5.00. The Morgan fingerprint density at radius 3 is 1.44 bits per heavy atom. The Morgan fingerprint density at radius 1 is 0.519 bits per heavy atom. The smallest absolute Gasteiger partial charge is 0.171 e. The molecule has 1 aromatic rings. The standard InChI is InChI=1S/C25H46NO/c1-2-3-4-5-6-7-8-9-10-11-12-13-14-15-16-20-24-27-25-23-26-21-18-17-19-22-26/h17-19,21-22H,2-16,20,23-25H2,1H3/q+1. The van der Waals surface area contributed by atoms with E-state index in [-0.39, 0.29) is 0 Å². The lowest BCUT2D eigenvalue weighted by atomic mass is 10.0. The van der Waals surface area contributed by atoms with E-state index in [9.17, 15) is 0 Å². The first-order valence-corrected chi connectivity index (χ1v) is 12.0.